The molecule has 1 atom stereocenters. The summed E-state index contributed by atoms with van der Waals surface area (Å²) in [6.45, 7) is 1.93. The van der Waals surface area contributed by atoms with Gasteiger partial charge in [0.25, 0.3) is 5.91 Å². The normalized spacial score (nSPS) is 18.3. The molecule has 0 aromatic heterocycles. The fraction of sp³-hybridized carbons (Fsp3) is 0.312. The number of nitrogens with one attached hydrogen (secondary N) is 2. The first-order valence-corrected chi connectivity index (χ1v) is 6.83. The van der Waals surface area contributed by atoms with Gasteiger partial charge in [-0.3, -0.25) is 4.79 Å². The number of carbonyl (C=O) groups is 1. The Morgan fingerprint density at radius 3 is 2.70 bits per heavy atom. The maximum Gasteiger partial charge on any atom is 0.251 e. The van der Waals surface area contributed by atoms with Crippen LogP contribution in [-0.4, -0.2) is 25.0 Å². The number of fused-ring (bicyclic) bond motifs is 1. The second-order valence-electron chi connectivity index (χ2n) is 5.08. The summed E-state index contributed by atoms with van der Waals surface area (Å²) in [6.07, 6.45) is 2.19. The minimum atomic E-state index is 0. The Hall–Kier alpha value is -1.58. The van der Waals surface area contributed by atoms with E-state index in [1.807, 2.05) is 36.4 Å². The van der Waals surface area contributed by atoms with Crippen molar-refractivity contribution in [3.8, 4) is 0 Å². The lowest BCUT2D eigenvalue weighted by molar-refractivity contribution is 0.0931. The van der Waals surface area contributed by atoms with Gasteiger partial charge in [0.05, 0.1) is 0 Å². The minimum Gasteiger partial charge on any atom is -0.348 e. The number of amides is 1. The van der Waals surface area contributed by atoms with Gasteiger partial charge in [-0.05, 0) is 42.3 Å². The highest BCUT2D eigenvalue weighted by molar-refractivity contribution is 5.98. The molecule has 1 unspecified atom stereocenters. The van der Waals surface area contributed by atoms with Crippen LogP contribution in [0.5, 0.6) is 0 Å². The standard InChI is InChI=1S/C16H18N2O.ClH/c19-16(18-15-6-3-9-17-11-15)14-8-7-12-4-1-2-5-13(12)10-14;/h1-2,4-5,7-8,10,15,17H,3,6,9,11H2,(H,18,19);1H. The summed E-state index contributed by atoms with van der Waals surface area (Å²) in [7, 11) is 0. The Labute approximate surface area is 125 Å². The Bertz CT molecular complexity index is 594. The monoisotopic (exact) mass is 290 g/mol. The van der Waals surface area contributed by atoms with Gasteiger partial charge < -0.3 is 10.6 Å². The molecule has 0 radical (unpaired) electrons. The molecular formula is C16H19ClN2O. The topological polar surface area (TPSA) is 41.1 Å². The molecule has 1 saturated heterocycles. The number of piperidine rings is 1. The summed E-state index contributed by atoms with van der Waals surface area (Å²) in [5, 5.41) is 8.68. The first-order chi connectivity index (χ1) is 9.33. The average molecular weight is 291 g/mol. The van der Waals surface area contributed by atoms with Gasteiger partial charge in [-0.15, -0.1) is 12.4 Å². The van der Waals surface area contributed by atoms with Crippen LogP contribution in [0.1, 0.15) is 23.2 Å². The Morgan fingerprint density at radius 1 is 1.15 bits per heavy atom. The SMILES string of the molecule is Cl.O=C(NC1CCCNC1)c1ccc2ccccc2c1. The zero-order valence-corrected chi connectivity index (χ0v) is 12.1. The third kappa shape index (κ3) is 3.30. The first kappa shape index (κ1) is 14.8. The predicted molar refractivity (Wildman–Crippen MR) is 84.6 cm³/mol. The van der Waals surface area contributed by atoms with Gasteiger partial charge in [0, 0.05) is 18.2 Å². The van der Waals surface area contributed by atoms with E-state index in [-0.39, 0.29) is 24.4 Å². The number of benzene rings is 2. The Morgan fingerprint density at radius 2 is 1.95 bits per heavy atom. The average Bonchev–Trinajstić information content (AvgIpc) is 2.48. The third-order valence-corrected chi connectivity index (χ3v) is 3.64. The van der Waals surface area contributed by atoms with Crippen molar-refractivity contribution < 1.29 is 4.79 Å². The first-order valence-electron chi connectivity index (χ1n) is 6.83. The lowest BCUT2D eigenvalue weighted by Crippen LogP contribution is -2.45. The van der Waals surface area contributed by atoms with Crippen LogP contribution >= 0.6 is 12.4 Å². The van der Waals surface area contributed by atoms with E-state index < -0.39 is 0 Å². The van der Waals surface area contributed by atoms with Crippen molar-refractivity contribution in [1.29, 1.82) is 0 Å². The van der Waals surface area contributed by atoms with Crippen LogP contribution < -0.4 is 10.6 Å². The van der Waals surface area contributed by atoms with E-state index >= 15 is 0 Å². The summed E-state index contributed by atoms with van der Waals surface area (Å²) in [5.41, 5.74) is 0.740. The van der Waals surface area contributed by atoms with Gasteiger partial charge in [-0.2, -0.15) is 0 Å². The molecule has 106 valence electrons. The summed E-state index contributed by atoms with van der Waals surface area (Å²) < 4.78 is 0. The van der Waals surface area contributed by atoms with Gasteiger partial charge >= 0.3 is 0 Å². The molecule has 3 rings (SSSR count). The molecule has 1 fully saturated rings. The van der Waals surface area contributed by atoms with E-state index in [2.05, 4.69) is 16.7 Å². The molecule has 1 aliphatic heterocycles. The smallest absolute Gasteiger partial charge is 0.251 e. The molecule has 2 aromatic carbocycles. The van der Waals surface area contributed by atoms with Crippen molar-refractivity contribution in [2.75, 3.05) is 13.1 Å². The van der Waals surface area contributed by atoms with Crippen LogP contribution in [0.3, 0.4) is 0 Å². The molecule has 2 N–H and O–H groups in total. The minimum absolute atomic E-state index is 0. The molecule has 1 aliphatic rings. The molecule has 0 spiro atoms. The maximum absolute atomic E-state index is 12.2. The molecule has 0 aliphatic carbocycles. The van der Waals surface area contributed by atoms with E-state index in [0.717, 1.165) is 36.9 Å². The molecule has 4 heteroatoms. The Balaban J connectivity index is 0.00000147. The number of hydrogen-bond donors (Lipinski definition) is 2. The van der Waals surface area contributed by atoms with Crippen molar-refractivity contribution in [1.82, 2.24) is 10.6 Å². The van der Waals surface area contributed by atoms with Crippen molar-refractivity contribution in [2.24, 2.45) is 0 Å². The molecule has 1 heterocycles. The van der Waals surface area contributed by atoms with Crippen LogP contribution in [-0.2, 0) is 0 Å². The lowest BCUT2D eigenvalue weighted by Gasteiger charge is -2.23. The highest BCUT2D eigenvalue weighted by Gasteiger charge is 2.16. The zero-order valence-electron chi connectivity index (χ0n) is 11.3. The lowest BCUT2D eigenvalue weighted by atomic mass is 10.0. The van der Waals surface area contributed by atoms with Crippen LogP contribution in [0.4, 0.5) is 0 Å². The fourth-order valence-electron chi connectivity index (χ4n) is 2.57. The Kier molecular flexibility index (Phi) is 4.99. The van der Waals surface area contributed by atoms with E-state index in [0.29, 0.717) is 0 Å². The van der Waals surface area contributed by atoms with E-state index in [1.165, 1.54) is 5.39 Å². The summed E-state index contributed by atoms with van der Waals surface area (Å²) in [6, 6.07) is 14.2. The van der Waals surface area contributed by atoms with Gasteiger partial charge in [0.1, 0.15) is 0 Å². The molecule has 3 nitrogen and oxygen atoms in total. The van der Waals surface area contributed by atoms with Crippen molar-refractivity contribution in [3.63, 3.8) is 0 Å². The highest BCUT2D eigenvalue weighted by atomic mass is 35.5. The molecule has 2 aromatic rings. The van der Waals surface area contributed by atoms with E-state index in [4.69, 9.17) is 0 Å². The number of carbonyl (C=O) groups excluding carboxylic acids is 1. The summed E-state index contributed by atoms with van der Waals surface area (Å²) >= 11 is 0. The van der Waals surface area contributed by atoms with E-state index in [1.54, 1.807) is 0 Å². The molecular weight excluding hydrogens is 272 g/mol. The third-order valence-electron chi connectivity index (χ3n) is 3.64. The molecule has 0 bridgehead atoms. The molecule has 0 saturated carbocycles. The van der Waals surface area contributed by atoms with Gasteiger partial charge in [-0.1, -0.05) is 30.3 Å². The van der Waals surface area contributed by atoms with Crippen molar-refractivity contribution in [3.05, 3.63) is 48.0 Å². The number of rotatable bonds is 2. The quantitative estimate of drug-likeness (QED) is 0.893. The largest absolute Gasteiger partial charge is 0.348 e. The van der Waals surface area contributed by atoms with Crippen LogP contribution in [0.2, 0.25) is 0 Å². The predicted octanol–water partition coefficient (Wildman–Crippen LogP) is 2.74. The van der Waals surface area contributed by atoms with Crippen LogP contribution in [0.25, 0.3) is 10.8 Å². The number of hydrogen-bond acceptors (Lipinski definition) is 2. The number of halogens is 1. The summed E-state index contributed by atoms with van der Waals surface area (Å²) in [5.74, 6) is 0.0273. The van der Waals surface area contributed by atoms with E-state index in [9.17, 15) is 4.79 Å². The van der Waals surface area contributed by atoms with Gasteiger partial charge in [0.15, 0.2) is 0 Å². The second-order valence-corrected chi connectivity index (χ2v) is 5.08. The molecule has 1 amide bonds. The van der Waals surface area contributed by atoms with Crippen LogP contribution in [0.15, 0.2) is 42.5 Å². The van der Waals surface area contributed by atoms with Crippen molar-refractivity contribution in [2.45, 2.75) is 18.9 Å². The summed E-state index contributed by atoms with van der Waals surface area (Å²) in [4.78, 5) is 12.2. The van der Waals surface area contributed by atoms with Gasteiger partial charge in [-0.25, -0.2) is 0 Å². The van der Waals surface area contributed by atoms with Crippen molar-refractivity contribution >= 4 is 29.1 Å². The maximum atomic E-state index is 12.2. The fourth-order valence-corrected chi connectivity index (χ4v) is 2.57. The zero-order chi connectivity index (χ0) is 13.1. The molecule has 20 heavy (non-hydrogen) atoms. The van der Waals surface area contributed by atoms with Gasteiger partial charge in [0.2, 0.25) is 0 Å². The highest BCUT2D eigenvalue weighted by Crippen LogP contribution is 2.16. The van der Waals surface area contributed by atoms with Crippen LogP contribution in [0, 0.1) is 0 Å². The second kappa shape index (κ2) is 6.73.